The van der Waals surface area contributed by atoms with Crippen LogP contribution in [0.4, 0.5) is 0 Å². The van der Waals surface area contributed by atoms with E-state index in [0.29, 0.717) is 22.6 Å². The van der Waals surface area contributed by atoms with E-state index >= 15 is 0 Å². The predicted molar refractivity (Wildman–Crippen MR) is 78.3 cm³/mol. The quantitative estimate of drug-likeness (QED) is 0.821. The van der Waals surface area contributed by atoms with Gasteiger partial charge in [0.1, 0.15) is 0 Å². The van der Waals surface area contributed by atoms with Crippen LogP contribution in [0.2, 0.25) is 10.0 Å². The maximum atomic E-state index is 9.16. The van der Waals surface area contributed by atoms with Crippen molar-refractivity contribution in [1.29, 1.82) is 0 Å². The summed E-state index contributed by atoms with van der Waals surface area (Å²) in [7, 11) is 0. The second kappa shape index (κ2) is 8.00. The second-order valence-electron chi connectivity index (χ2n) is 4.41. The van der Waals surface area contributed by atoms with Gasteiger partial charge < -0.3 is 5.11 Å². The summed E-state index contributed by atoms with van der Waals surface area (Å²) < 4.78 is 0. The van der Waals surface area contributed by atoms with Crippen LogP contribution in [0.25, 0.3) is 0 Å². The molecule has 102 valence electrons. The molecule has 0 radical (unpaired) electrons. The summed E-state index contributed by atoms with van der Waals surface area (Å²) in [6.45, 7) is 6.01. The smallest absolute Gasteiger partial charge is 0.0595 e. The number of hydrogen-bond donors (Lipinski definition) is 1. The minimum atomic E-state index is 0.178. The first-order chi connectivity index (χ1) is 8.62. The molecule has 0 aliphatic carbocycles. The molecule has 18 heavy (non-hydrogen) atoms. The molecule has 0 amide bonds. The fourth-order valence-corrected chi connectivity index (χ4v) is 2.52. The Balaban J connectivity index is 2.78. The van der Waals surface area contributed by atoms with Gasteiger partial charge in [-0.1, -0.05) is 43.1 Å². The van der Waals surface area contributed by atoms with E-state index in [1.165, 1.54) is 0 Å². The van der Waals surface area contributed by atoms with Crippen LogP contribution in [0, 0.1) is 0 Å². The van der Waals surface area contributed by atoms with Gasteiger partial charge in [-0.3, -0.25) is 4.90 Å². The van der Waals surface area contributed by atoms with Gasteiger partial charge in [0.2, 0.25) is 0 Å². The lowest BCUT2D eigenvalue weighted by Crippen LogP contribution is -2.36. The average Bonchev–Trinajstić information content (AvgIpc) is 2.35. The molecule has 0 saturated heterocycles. The van der Waals surface area contributed by atoms with Crippen LogP contribution in [-0.2, 0) is 6.54 Å². The Morgan fingerprint density at radius 2 is 1.83 bits per heavy atom. The SMILES string of the molecule is CCC(CC)N(CCO)Cc1ccc(Cl)c(Cl)c1. The van der Waals surface area contributed by atoms with E-state index in [1.807, 2.05) is 18.2 Å². The third-order valence-corrected chi connectivity index (χ3v) is 3.95. The first kappa shape index (κ1) is 15.8. The summed E-state index contributed by atoms with van der Waals surface area (Å²) in [4.78, 5) is 2.29. The van der Waals surface area contributed by atoms with E-state index in [-0.39, 0.29) is 6.61 Å². The number of nitrogens with zero attached hydrogens (tertiary/aromatic N) is 1. The first-order valence-corrected chi connectivity index (χ1v) is 7.16. The van der Waals surface area contributed by atoms with Gasteiger partial charge in [-0.05, 0) is 30.5 Å². The van der Waals surface area contributed by atoms with Crippen molar-refractivity contribution < 1.29 is 5.11 Å². The van der Waals surface area contributed by atoms with E-state index in [0.717, 1.165) is 24.9 Å². The molecule has 0 aromatic heterocycles. The van der Waals surface area contributed by atoms with Crippen molar-refractivity contribution >= 4 is 23.2 Å². The highest BCUT2D eigenvalue weighted by atomic mass is 35.5. The normalized spacial score (nSPS) is 11.5. The molecule has 2 nitrogen and oxygen atoms in total. The summed E-state index contributed by atoms with van der Waals surface area (Å²) in [5.74, 6) is 0. The van der Waals surface area contributed by atoms with Crippen LogP contribution in [0.1, 0.15) is 32.3 Å². The fraction of sp³-hybridized carbons (Fsp3) is 0.571. The lowest BCUT2D eigenvalue weighted by molar-refractivity contribution is 0.136. The van der Waals surface area contributed by atoms with Crippen LogP contribution in [0.3, 0.4) is 0 Å². The average molecular weight is 290 g/mol. The second-order valence-corrected chi connectivity index (χ2v) is 5.23. The number of hydrogen-bond acceptors (Lipinski definition) is 2. The van der Waals surface area contributed by atoms with E-state index < -0.39 is 0 Å². The van der Waals surface area contributed by atoms with Crippen LogP contribution in [0.15, 0.2) is 18.2 Å². The number of benzene rings is 1. The van der Waals surface area contributed by atoms with Crippen molar-refractivity contribution in [2.75, 3.05) is 13.2 Å². The minimum Gasteiger partial charge on any atom is -0.395 e. The Bertz CT molecular complexity index is 367. The Hall–Kier alpha value is -0.280. The van der Waals surface area contributed by atoms with Gasteiger partial charge in [-0.15, -0.1) is 0 Å². The summed E-state index contributed by atoms with van der Waals surface area (Å²) in [5.41, 5.74) is 1.13. The predicted octanol–water partition coefficient (Wildman–Crippen LogP) is 3.98. The van der Waals surface area contributed by atoms with Gasteiger partial charge in [0, 0.05) is 19.1 Å². The third kappa shape index (κ3) is 4.43. The lowest BCUT2D eigenvalue weighted by atomic mass is 10.1. The molecule has 0 atom stereocenters. The summed E-state index contributed by atoms with van der Waals surface area (Å²) in [6.07, 6.45) is 2.16. The molecule has 0 fully saturated rings. The number of rotatable bonds is 7. The standard InChI is InChI=1S/C14H21Cl2NO/c1-3-12(4-2)17(7-8-18)10-11-5-6-13(15)14(16)9-11/h5-6,9,12,18H,3-4,7-8,10H2,1-2H3. The molecule has 1 rings (SSSR count). The third-order valence-electron chi connectivity index (χ3n) is 3.22. The van der Waals surface area contributed by atoms with E-state index in [2.05, 4.69) is 18.7 Å². The monoisotopic (exact) mass is 289 g/mol. The van der Waals surface area contributed by atoms with Crippen molar-refractivity contribution in [2.45, 2.75) is 39.3 Å². The molecule has 0 aliphatic heterocycles. The largest absolute Gasteiger partial charge is 0.395 e. The zero-order chi connectivity index (χ0) is 13.5. The number of aliphatic hydroxyl groups excluding tert-OH is 1. The van der Waals surface area contributed by atoms with Crippen LogP contribution >= 0.6 is 23.2 Å². The van der Waals surface area contributed by atoms with Crippen LogP contribution < -0.4 is 0 Å². The van der Waals surface area contributed by atoms with Gasteiger partial charge in [0.25, 0.3) is 0 Å². The maximum Gasteiger partial charge on any atom is 0.0595 e. The molecule has 0 bridgehead atoms. The molecule has 0 heterocycles. The fourth-order valence-electron chi connectivity index (χ4n) is 2.20. The highest BCUT2D eigenvalue weighted by Crippen LogP contribution is 2.24. The van der Waals surface area contributed by atoms with Gasteiger partial charge in [-0.25, -0.2) is 0 Å². The molecule has 0 saturated carbocycles. The van der Waals surface area contributed by atoms with Gasteiger partial charge >= 0.3 is 0 Å². The Labute approximate surface area is 120 Å². The highest BCUT2D eigenvalue weighted by Gasteiger charge is 2.15. The molecule has 0 aliphatic rings. The van der Waals surface area contributed by atoms with Crippen LogP contribution in [-0.4, -0.2) is 29.2 Å². The Morgan fingerprint density at radius 1 is 1.17 bits per heavy atom. The molecule has 0 unspecified atom stereocenters. The molecule has 1 aromatic rings. The van der Waals surface area contributed by atoms with E-state index in [4.69, 9.17) is 28.3 Å². The number of halogens is 2. The van der Waals surface area contributed by atoms with Crippen molar-refractivity contribution in [1.82, 2.24) is 4.90 Å². The highest BCUT2D eigenvalue weighted by molar-refractivity contribution is 6.42. The van der Waals surface area contributed by atoms with Crippen molar-refractivity contribution in [3.05, 3.63) is 33.8 Å². The molecular formula is C14H21Cl2NO. The minimum absolute atomic E-state index is 0.178. The van der Waals surface area contributed by atoms with Gasteiger partial charge in [0.05, 0.1) is 16.7 Å². The van der Waals surface area contributed by atoms with Crippen LogP contribution in [0.5, 0.6) is 0 Å². The molecule has 1 aromatic carbocycles. The van der Waals surface area contributed by atoms with E-state index in [9.17, 15) is 0 Å². The Morgan fingerprint density at radius 3 is 2.33 bits per heavy atom. The number of aliphatic hydroxyl groups is 1. The lowest BCUT2D eigenvalue weighted by Gasteiger charge is -2.29. The maximum absolute atomic E-state index is 9.16. The zero-order valence-electron chi connectivity index (χ0n) is 11.0. The van der Waals surface area contributed by atoms with Crippen molar-refractivity contribution in [3.8, 4) is 0 Å². The van der Waals surface area contributed by atoms with E-state index in [1.54, 1.807) is 0 Å². The van der Waals surface area contributed by atoms with Gasteiger partial charge in [0.15, 0.2) is 0 Å². The van der Waals surface area contributed by atoms with Crippen molar-refractivity contribution in [3.63, 3.8) is 0 Å². The molecule has 4 heteroatoms. The summed E-state index contributed by atoms with van der Waals surface area (Å²) in [5, 5.41) is 10.3. The topological polar surface area (TPSA) is 23.5 Å². The van der Waals surface area contributed by atoms with Gasteiger partial charge in [-0.2, -0.15) is 0 Å². The van der Waals surface area contributed by atoms with Crippen molar-refractivity contribution in [2.24, 2.45) is 0 Å². The molecule has 1 N–H and O–H groups in total. The summed E-state index contributed by atoms with van der Waals surface area (Å²) in [6, 6.07) is 6.20. The first-order valence-electron chi connectivity index (χ1n) is 6.41. The molecular weight excluding hydrogens is 269 g/mol. The molecule has 0 spiro atoms. The Kier molecular flexibility index (Phi) is 7.02. The zero-order valence-corrected chi connectivity index (χ0v) is 12.5. The summed E-state index contributed by atoms with van der Waals surface area (Å²) >= 11 is 11.9.